The van der Waals surface area contributed by atoms with Crippen molar-refractivity contribution in [2.45, 2.75) is 6.92 Å². The van der Waals surface area contributed by atoms with Crippen molar-refractivity contribution in [3.05, 3.63) is 35.4 Å². The normalized spacial score (nSPS) is 10.4. The van der Waals surface area contributed by atoms with Crippen LogP contribution in [0.2, 0.25) is 0 Å². The molecule has 2 heteroatoms. The molecule has 12 heavy (non-hydrogen) atoms. The molecule has 0 bridgehead atoms. The van der Waals surface area contributed by atoms with E-state index in [2.05, 4.69) is 0 Å². The van der Waals surface area contributed by atoms with Crippen LogP contribution >= 0.6 is 0 Å². The Balaban J connectivity index is 3.04. The van der Waals surface area contributed by atoms with Crippen LogP contribution < -0.4 is 5.73 Å². The highest BCUT2D eigenvalue weighted by atomic mass is 16.1. The zero-order valence-corrected chi connectivity index (χ0v) is 6.95. The molecular weight excluding hydrogens is 150 g/mol. The van der Waals surface area contributed by atoms with Gasteiger partial charge in [0.2, 0.25) is 0 Å². The topological polar surface area (TPSA) is 43.1 Å². The van der Waals surface area contributed by atoms with Crippen molar-refractivity contribution in [2.75, 3.05) is 5.73 Å². The summed E-state index contributed by atoms with van der Waals surface area (Å²) in [6.45, 7) is 1.98. The smallest absolute Gasteiger partial charge is 0.142 e. The minimum Gasteiger partial charge on any atom is -0.399 e. The highest BCUT2D eigenvalue weighted by Crippen LogP contribution is 2.13. The van der Waals surface area contributed by atoms with Gasteiger partial charge in [0.05, 0.1) is 0 Å². The first-order chi connectivity index (χ1) is 5.74. The molecule has 0 heterocycles. The van der Waals surface area contributed by atoms with Gasteiger partial charge in [0.25, 0.3) is 0 Å². The quantitative estimate of drug-likeness (QED) is 0.408. The molecule has 0 saturated carbocycles. The lowest BCUT2D eigenvalue weighted by Gasteiger charge is -2.00. The van der Waals surface area contributed by atoms with Crippen LogP contribution in [0.15, 0.2) is 24.3 Å². The third-order valence-corrected chi connectivity index (χ3v) is 1.66. The molecule has 1 aromatic rings. The van der Waals surface area contributed by atoms with Gasteiger partial charge in [-0.3, -0.25) is 4.79 Å². The van der Waals surface area contributed by atoms with E-state index in [0.29, 0.717) is 5.69 Å². The molecule has 0 aliphatic rings. The zero-order chi connectivity index (χ0) is 8.97. The summed E-state index contributed by atoms with van der Waals surface area (Å²) in [6, 6.07) is 5.61. The predicted molar refractivity (Wildman–Crippen MR) is 50.7 cm³/mol. The summed E-state index contributed by atoms with van der Waals surface area (Å²) in [5, 5.41) is 0. The van der Waals surface area contributed by atoms with Gasteiger partial charge in [-0.2, -0.15) is 0 Å². The molecular formula is C10H11NO. The molecule has 0 aliphatic heterocycles. The van der Waals surface area contributed by atoms with Crippen molar-refractivity contribution in [1.82, 2.24) is 0 Å². The van der Waals surface area contributed by atoms with Crippen LogP contribution in [0.4, 0.5) is 5.69 Å². The van der Waals surface area contributed by atoms with E-state index in [4.69, 9.17) is 5.73 Å². The van der Waals surface area contributed by atoms with Crippen molar-refractivity contribution >= 4 is 18.0 Å². The average molecular weight is 161 g/mol. The van der Waals surface area contributed by atoms with Crippen molar-refractivity contribution in [3.8, 4) is 0 Å². The molecule has 0 fully saturated rings. The fourth-order valence-corrected chi connectivity index (χ4v) is 0.981. The first-order valence-corrected chi connectivity index (χ1v) is 3.72. The molecule has 0 amide bonds. The minimum atomic E-state index is 0.714. The minimum absolute atomic E-state index is 0.714. The van der Waals surface area contributed by atoms with Gasteiger partial charge in [0.1, 0.15) is 6.29 Å². The predicted octanol–water partition coefficient (Wildman–Crippen LogP) is 1.79. The Morgan fingerprint density at radius 3 is 2.83 bits per heavy atom. The molecule has 2 N–H and O–H groups in total. The molecule has 0 unspecified atom stereocenters. The number of aldehydes is 1. The van der Waals surface area contributed by atoms with Crippen LogP contribution in [0.1, 0.15) is 11.1 Å². The Bertz CT molecular complexity index is 316. The summed E-state index contributed by atoms with van der Waals surface area (Å²) >= 11 is 0. The van der Waals surface area contributed by atoms with E-state index in [1.54, 1.807) is 6.08 Å². The lowest BCUT2D eigenvalue weighted by molar-refractivity contribution is -0.104. The summed E-state index contributed by atoms with van der Waals surface area (Å²) < 4.78 is 0. The van der Waals surface area contributed by atoms with Crippen molar-refractivity contribution < 1.29 is 4.79 Å². The van der Waals surface area contributed by atoms with Crippen LogP contribution in [0.25, 0.3) is 6.08 Å². The molecule has 2 nitrogen and oxygen atoms in total. The number of rotatable bonds is 2. The van der Waals surface area contributed by atoms with Crippen LogP contribution in [0.5, 0.6) is 0 Å². The maximum Gasteiger partial charge on any atom is 0.142 e. The summed E-state index contributed by atoms with van der Waals surface area (Å²) in [6.07, 6.45) is 3.96. The lowest BCUT2D eigenvalue weighted by atomic mass is 10.1. The van der Waals surface area contributed by atoms with Crippen LogP contribution in [-0.4, -0.2) is 6.29 Å². The Morgan fingerprint density at radius 1 is 1.42 bits per heavy atom. The van der Waals surface area contributed by atoms with Crippen LogP contribution in [0, 0.1) is 6.92 Å². The van der Waals surface area contributed by atoms with Gasteiger partial charge in [-0.15, -0.1) is 0 Å². The third kappa shape index (κ3) is 1.95. The number of hydrogen-bond acceptors (Lipinski definition) is 2. The molecule has 0 radical (unpaired) electrons. The first kappa shape index (κ1) is 8.53. The highest BCUT2D eigenvalue weighted by Gasteiger charge is 1.93. The molecule has 1 aromatic carbocycles. The molecule has 0 aliphatic carbocycles. The lowest BCUT2D eigenvalue weighted by Crippen LogP contribution is -1.87. The van der Waals surface area contributed by atoms with E-state index < -0.39 is 0 Å². The number of benzene rings is 1. The monoisotopic (exact) mass is 161 g/mol. The van der Waals surface area contributed by atoms with Crippen molar-refractivity contribution in [1.29, 1.82) is 0 Å². The number of nitrogens with two attached hydrogens (primary N) is 1. The summed E-state index contributed by atoms with van der Waals surface area (Å²) in [4.78, 5) is 10.1. The van der Waals surface area contributed by atoms with Gasteiger partial charge in [0, 0.05) is 5.69 Å². The van der Waals surface area contributed by atoms with E-state index in [1.807, 2.05) is 25.1 Å². The molecule has 0 aromatic heterocycles. The second-order valence-electron chi connectivity index (χ2n) is 2.61. The second-order valence-corrected chi connectivity index (χ2v) is 2.61. The zero-order valence-electron chi connectivity index (χ0n) is 6.95. The SMILES string of the molecule is Cc1ccc(N)cc1C=CC=O. The third-order valence-electron chi connectivity index (χ3n) is 1.66. The van der Waals surface area contributed by atoms with Gasteiger partial charge in [-0.05, 0) is 36.3 Å². The van der Waals surface area contributed by atoms with Crippen molar-refractivity contribution in [3.63, 3.8) is 0 Å². The molecule has 0 saturated heterocycles. The Hall–Kier alpha value is -1.57. The fourth-order valence-electron chi connectivity index (χ4n) is 0.981. The maximum absolute atomic E-state index is 10.1. The number of allylic oxidation sites excluding steroid dienone is 1. The molecule has 0 spiro atoms. The number of nitrogen functional groups attached to an aromatic ring is 1. The summed E-state index contributed by atoms with van der Waals surface area (Å²) in [7, 11) is 0. The summed E-state index contributed by atoms with van der Waals surface area (Å²) in [5.74, 6) is 0. The van der Waals surface area contributed by atoms with Crippen LogP contribution in [-0.2, 0) is 4.79 Å². The van der Waals surface area contributed by atoms with Gasteiger partial charge in [-0.25, -0.2) is 0 Å². The molecule has 62 valence electrons. The first-order valence-electron chi connectivity index (χ1n) is 3.72. The number of aryl methyl sites for hydroxylation is 1. The Kier molecular flexibility index (Phi) is 2.64. The van der Waals surface area contributed by atoms with E-state index in [1.165, 1.54) is 6.08 Å². The van der Waals surface area contributed by atoms with Gasteiger partial charge >= 0.3 is 0 Å². The van der Waals surface area contributed by atoms with E-state index in [9.17, 15) is 4.79 Å². The van der Waals surface area contributed by atoms with E-state index >= 15 is 0 Å². The number of carbonyl (C=O) groups is 1. The standard InChI is InChI=1S/C10H11NO/c1-8-4-5-10(11)7-9(8)3-2-6-12/h2-7H,11H2,1H3. The number of anilines is 1. The van der Waals surface area contributed by atoms with E-state index in [0.717, 1.165) is 17.4 Å². The van der Waals surface area contributed by atoms with Crippen LogP contribution in [0.3, 0.4) is 0 Å². The summed E-state index contributed by atoms with van der Waals surface area (Å²) in [5.41, 5.74) is 8.39. The average Bonchev–Trinajstić information content (AvgIpc) is 2.07. The molecule has 1 rings (SSSR count). The number of hydrogen-bond donors (Lipinski definition) is 1. The fraction of sp³-hybridized carbons (Fsp3) is 0.100. The largest absolute Gasteiger partial charge is 0.399 e. The molecule has 0 atom stereocenters. The van der Waals surface area contributed by atoms with Gasteiger partial charge in [-0.1, -0.05) is 12.1 Å². The highest BCUT2D eigenvalue weighted by molar-refractivity contribution is 5.75. The number of carbonyl (C=O) groups excluding carboxylic acids is 1. The maximum atomic E-state index is 10.1. The van der Waals surface area contributed by atoms with E-state index in [-0.39, 0.29) is 0 Å². The Morgan fingerprint density at radius 2 is 2.17 bits per heavy atom. The van der Waals surface area contributed by atoms with Gasteiger partial charge < -0.3 is 5.73 Å². The van der Waals surface area contributed by atoms with Crippen molar-refractivity contribution in [2.24, 2.45) is 0 Å². The van der Waals surface area contributed by atoms with Gasteiger partial charge in [0.15, 0.2) is 0 Å². The Labute approximate surface area is 71.7 Å². The second kappa shape index (κ2) is 3.72.